The normalized spacial score (nSPS) is 24.4. The average Bonchev–Trinajstić information content (AvgIpc) is 3.07. The molecular formula is C22H34N2O2. The first kappa shape index (κ1) is 19.4. The molecule has 1 saturated carbocycles. The van der Waals surface area contributed by atoms with Gasteiger partial charge in [-0.1, -0.05) is 49.1 Å². The minimum Gasteiger partial charge on any atom is -0.375 e. The number of carbonyl (C=O) groups is 1. The summed E-state index contributed by atoms with van der Waals surface area (Å²) in [6.45, 7) is 5.04. The van der Waals surface area contributed by atoms with Crippen LogP contribution in [0.2, 0.25) is 0 Å². The number of ether oxygens (including phenoxy) is 1. The smallest absolute Gasteiger partial charge is 0.248 e. The molecule has 3 rings (SSSR count). The first-order chi connectivity index (χ1) is 12.6. The Morgan fingerprint density at radius 2 is 1.85 bits per heavy atom. The number of hydrogen-bond acceptors (Lipinski definition) is 3. The van der Waals surface area contributed by atoms with Gasteiger partial charge in [-0.05, 0) is 38.3 Å². The highest BCUT2D eigenvalue weighted by molar-refractivity contribution is 5.78. The third-order valence-electron chi connectivity index (χ3n) is 6.29. The molecule has 1 aliphatic carbocycles. The number of methoxy groups -OCH3 is 1. The number of nitrogens with zero attached hydrogens (tertiary/aromatic N) is 2. The van der Waals surface area contributed by atoms with Crippen molar-refractivity contribution in [1.82, 2.24) is 9.80 Å². The molecule has 2 aliphatic rings. The van der Waals surface area contributed by atoms with Gasteiger partial charge in [-0.25, -0.2) is 0 Å². The maximum absolute atomic E-state index is 12.4. The van der Waals surface area contributed by atoms with Crippen molar-refractivity contribution < 1.29 is 9.53 Å². The summed E-state index contributed by atoms with van der Waals surface area (Å²) < 4.78 is 5.08. The zero-order valence-corrected chi connectivity index (χ0v) is 16.6. The molecule has 1 heterocycles. The molecule has 26 heavy (non-hydrogen) atoms. The number of likely N-dealkylation sites (tertiary alicyclic amines) is 1. The van der Waals surface area contributed by atoms with Gasteiger partial charge in [0.1, 0.15) is 6.61 Å². The summed E-state index contributed by atoms with van der Waals surface area (Å²) >= 11 is 0. The van der Waals surface area contributed by atoms with Gasteiger partial charge in [0.25, 0.3) is 0 Å². The zero-order chi connectivity index (χ0) is 18.5. The van der Waals surface area contributed by atoms with Gasteiger partial charge in [-0.15, -0.1) is 0 Å². The molecule has 4 heteroatoms. The van der Waals surface area contributed by atoms with Crippen molar-refractivity contribution in [2.24, 2.45) is 5.92 Å². The van der Waals surface area contributed by atoms with Crippen LogP contribution in [0.5, 0.6) is 0 Å². The lowest BCUT2D eigenvalue weighted by molar-refractivity contribution is -0.134. The van der Waals surface area contributed by atoms with Crippen molar-refractivity contribution in [2.45, 2.75) is 51.0 Å². The molecule has 2 fully saturated rings. The highest BCUT2D eigenvalue weighted by Gasteiger charge is 2.37. The number of hydrogen-bond donors (Lipinski definition) is 0. The molecule has 0 aromatic heterocycles. The van der Waals surface area contributed by atoms with Crippen molar-refractivity contribution in [1.29, 1.82) is 0 Å². The fourth-order valence-corrected chi connectivity index (χ4v) is 4.71. The van der Waals surface area contributed by atoms with Crippen molar-refractivity contribution >= 4 is 5.91 Å². The Kier molecular flexibility index (Phi) is 6.71. The van der Waals surface area contributed by atoms with Crippen LogP contribution in [0.3, 0.4) is 0 Å². The first-order valence-corrected chi connectivity index (χ1v) is 10.1. The second-order valence-corrected chi connectivity index (χ2v) is 8.24. The second-order valence-electron chi connectivity index (χ2n) is 8.24. The Hall–Kier alpha value is -1.39. The van der Waals surface area contributed by atoms with Crippen LogP contribution in [0.1, 0.15) is 49.1 Å². The van der Waals surface area contributed by atoms with Crippen LogP contribution in [0, 0.1) is 12.8 Å². The van der Waals surface area contributed by atoms with E-state index >= 15 is 0 Å². The lowest BCUT2D eigenvalue weighted by Crippen LogP contribution is -2.39. The second kappa shape index (κ2) is 9.01. The lowest BCUT2D eigenvalue weighted by Gasteiger charge is -2.34. The van der Waals surface area contributed by atoms with Crippen LogP contribution in [0.25, 0.3) is 0 Å². The molecule has 0 spiro atoms. The summed E-state index contributed by atoms with van der Waals surface area (Å²) in [5.41, 5.74) is 2.65. The van der Waals surface area contributed by atoms with Crippen LogP contribution in [0.15, 0.2) is 24.3 Å². The van der Waals surface area contributed by atoms with E-state index in [-0.39, 0.29) is 12.5 Å². The van der Waals surface area contributed by atoms with Crippen molar-refractivity contribution in [3.05, 3.63) is 35.4 Å². The fourth-order valence-electron chi connectivity index (χ4n) is 4.71. The van der Waals surface area contributed by atoms with E-state index < -0.39 is 0 Å². The summed E-state index contributed by atoms with van der Waals surface area (Å²) in [6, 6.07) is 9.59. The van der Waals surface area contributed by atoms with Gasteiger partial charge in [-0.3, -0.25) is 4.79 Å². The Labute approximate surface area is 158 Å². The quantitative estimate of drug-likeness (QED) is 0.781. The molecule has 2 atom stereocenters. The number of benzene rings is 1. The molecule has 4 nitrogen and oxygen atoms in total. The Balaban J connectivity index is 1.72. The monoisotopic (exact) mass is 358 g/mol. The van der Waals surface area contributed by atoms with E-state index in [2.05, 4.69) is 43.1 Å². The van der Waals surface area contributed by atoms with E-state index in [4.69, 9.17) is 4.74 Å². The fraction of sp³-hybridized carbons (Fsp3) is 0.682. The molecule has 1 amide bonds. The Bertz CT molecular complexity index is 580. The summed E-state index contributed by atoms with van der Waals surface area (Å²) in [5, 5.41) is 0. The molecule has 2 unspecified atom stereocenters. The predicted molar refractivity (Wildman–Crippen MR) is 105 cm³/mol. The van der Waals surface area contributed by atoms with E-state index in [9.17, 15) is 4.79 Å². The summed E-state index contributed by atoms with van der Waals surface area (Å²) in [6.07, 6.45) is 6.76. The van der Waals surface area contributed by atoms with Gasteiger partial charge in [-0.2, -0.15) is 0 Å². The van der Waals surface area contributed by atoms with E-state index in [1.807, 2.05) is 4.90 Å². The summed E-state index contributed by atoms with van der Waals surface area (Å²) in [4.78, 5) is 17.0. The minimum atomic E-state index is 0.118. The summed E-state index contributed by atoms with van der Waals surface area (Å²) in [5.74, 6) is 1.03. The molecule has 0 N–H and O–H groups in total. The zero-order valence-electron chi connectivity index (χ0n) is 16.6. The van der Waals surface area contributed by atoms with E-state index in [0.717, 1.165) is 19.6 Å². The largest absolute Gasteiger partial charge is 0.375 e. The van der Waals surface area contributed by atoms with Crippen molar-refractivity contribution in [2.75, 3.05) is 40.4 Å². The van der Waals surface area contributed by atoms with Crippen LogP contribution in [0.4, 0.5) is 0 Å². The number of rotatable bonds is 6. The third kappa shape index (κ3) is 4.66. The molecule has 144 valence electrons. The molecule has 1 saturated heterocycles. The average molecular weight is 359 g/mol. The Morgan fingerprint density at radius 3 is 2.50 bits per heavy atom. The van der Waals surface area contributed by atoms with Crippen molar-refractivity contribution in [3.63, 3.8) is 0 Å². The lowest BCUT2D eigenvalue weighted by atomic mass is 9.87. The molecule has 0 bridgehead atoms. The SMILES string of the molecule is COCC(=O)N1CC(CN(C)C2CCCCC2)C(c2ccc(C)cc2)C1. The standard InChI is InChI=1S/C22H34N2O2/c1-17-9-11-18(12-10-17)21-15-24(22(25)16-26-3)14-19(21)13-23(2)20-7-5-4-6-8-20/h9-12,19-21H,4-8,13-16H2,1-3H3. The minimum absolute atomic E-state index is 0.118. The van der Waals surface area contributed by atoms with E-state index in [1.165, 1.54) is 43.2 Å². The summed E-state index contributed by atoms with van der Waals surface area (Å²) in [7, 11) is 3.88. The molecule has 1 aromatic carbocycles. The van der Waals surface area contributed by atoms with Crippen LogP contribution < -0.4 is 0 Å². The van der Waals surface area contributed by atoms with Gasteiger partial charge in [0.15, 0.2) is 0 Å². The topological polar surface area (TPSA) is 32.8 Å². The molecule has 1 aliphatic heterocycles. The Morgan fingerprint density at radius 1 is 1.15 bits per heavy atom. The molecule has 0 radical (unpaired) electrons. The van der Waals surface area contributed by atoms with Crippen LogP contribution in [-0.4, -0.2) is 62.1 Å². The number of carbonyl (C=O) groups excluding carboxylic acids is 1. The third-order valence-corrected chi connectivity index (χ3v) is 6.29. The van der Waals surface area contributed by atoms with E-state index in [0.29, 0.717) is 17.9 Å². The maximum atomic E-state index is 12.4. The van der Waals surface area contributed by atoms with Gasteiger partial charge >= 0.3 is 0 Å². The van der Waals surface area contributed by atoms with Crippen LogP contribution >= 0.6 is 0 Å². The van der Waals surface area contributed by atoms with Gasteiger partial charge in [0.2, 0.25) is 5.91 Å². The molecular weight excluding hydrogens is 324 g/mol. The first-order valence-electron chi connectivity index (χ1n) is 10.1. The highest BCUT2D eigenvalue weighted by atomic mass is 16.5. The maximum Gasteiger partial charge on any atom is 0.248 e. The number of amides is 1. The highest BCUT2D eigenvalue weighted by Crippen LogP contribution is 2.34. The number of aryl methyl sites for hydroxylation is 1. The van der Waals surface area contributed by atoms with E-state index in [1.54, 1.807) is 7.11 Å². The van der Waals surface area contributed by atoms with Gasteiger partial charge in [0.05, 0.1) is 0 Å². The van der Waals surface area contributed by atoms with Crippen LogP contribution in [-0.2, 0) is 9.53 Å². The van der Waals surface area contributed by atoms with Crippen molar-refractivity contribution in [3.8, 4) is 0 Å². The van der Waals surface area contributed by atoms with Gasteiger partial charge in [0, 0.05) is 38.7 Å². The van der Waals surface area contributed by atoms with Gasteiger partial charge < -0.3 is 14.5 Å². The predicted octanol–water partition coefficient (Wildman–Crippen LogP) is 3.45. The molecule has 1 aromatic rings.